The Hall–Kier alpha value is -3.13. The molecule has 1 aliphatic rings. The smallest absolute Gasteiger partial charge is 0.335 e. The molecule has 0 radical (unpaired) electrons. The van der Waals surface area contributed by atoms with E-state index in [0.717, 1.165) is 22.4 Å². The predicted molar refractivity (Wildman–Crippen MR) is 140 cm³/mol. The van der Waals surface area contributed by atoms with Crippen molar-refractivity contribution in [3.05, 3.63) is 97.4 Å². The summed E-state index contributed by atoms with van der Waals surface area (Å²) in [6.45, 7) is 2.27. The first kappa shape index (κ1) is 25.0. The van der Waals surface area contributed by atoms with Gasteiger partial charge in [-0.05, 0) is 81.5 Å². The van der Waals surface area contributed by atoms with Crippen LogP contribution in [0.5, 0.6) is 5.75 Å². The predicted octanol–water partition coefficient (Wildman–Crippen LogP) is 6.56. The number of aryl methyl sites for hydroxylation is 1. The van der Waals surface area contributed by atoms with Gasteiger partial charge in [0, 0.05) is 5.02 Å². The molecule has 0 aliphatic carbocycles. The summed E-state index contributed by atoms with van der Waals surface area (Å²) in [5.41, 5.74) is 2.62. The summed E-state index contributed by atoms with van der Waals surface area (Å²) in [6, 6.07) is 16.7. The lowest BCUT2D eigenvalue weighted by Crippen LogP contribution is -2.54. The van der Waals surface area contributed by atoms with E-state index in [9.17, 15) is 14.4 Å². The SMILES string of the molecule is CCc1ccc(N2C(=O)NC(=O)/C(=C/c3cc(Cl)c(OCc4ccc(Cl)cc4)c(Br)c3)C2=O)cc1. The third-order valence-corrected chi connectivity index (χ3v) is 6.45. The number of ether oxygens (including phenoxy) is 1. The largest absolute Gasteiger partial charge is 0.486 e. The van der Waals surface area contributed by atoms with Gasteiger partial charge in [0.15, 0.2) is 5.75 Å². The average molecular weight is 574 g/mol. The first-order valence-electron chi connectivity index (χ1n) is 10.6. The topological polar surface area (TPSA) is 75.7 Å². The van der Waals surface area contributed by atoms with Gasteiger partial charge in [0.05, 0.1) is 15.2 Å². The summed E-state index contributed by atoms with van der Waals surface area (Å²) in [7, 11) is 0. The van der Waals surface area contributed by atoms with E-state index in [1.807, 2.05) is 31.2 Å². The number of carbonyl (C=O) groups excluding carboxylic acids is 3. The van der Waals surface area contributed by atoms with E-state index in [0.29, 0.717) is 26.5 Å². The lowest BCUT2D eigenvalue weighted by molar-refractivity contribution is -0.122. The summed E-state index contributed by atoms with van der Waals surface area (Å²) in [4.78, 5) is 39.0. The summed E-state index contributed by atoms with van der Waals surface area (Å²) >= 11 is 15.8. The quantitative estimate of drug-likeness (QED) is 0.267. The number of nitrogens with one attached hydrogen (secondary N) is 1. The molecule has 0 aromatic heterocycles. The number of rotatable bonds is 6. The Morgan fingerprint density at radius 3 is 2.26 bits per heavy atom. The van der Waals surface area contributed by atoms with Crippen LogP contribution in [-0.4, -0.2) is 17.8 Å². The fourth-order valence-electron chi connectivity index (χ4n) is 3.48. The molecule has 178 valence electrons. The van der Waals surface area contributed by atoms with Gasteiger partial charge < -0.3 is 4.74 Å². The molecule has 9 heteroatoms. The van der Waals surface area contributed by atoms with Gasteiger partial charge in [-0.1, -0.05) is 54.4 Å². The van der Waals surface area contributed by atoms with Crippen LogP contribution in [0.25, 0.3) is 6.08 Å². The van der Waals surface area contributed by atoms with E-state index in [4.69, 9.17) is 27.9 Å². The van der Waals surface area contributed by atoms with E-state index >= 15 is 0 Å². The Morgan fingerprint density at radius 2 is 1.63 bits per heavy atom. The molecule has 3 aromatic rings. The number of amides is 4. The van der Waals surface area contributed by atoms with Crippen molar-refractivity contribution in [2.45, 2.75) is 20.0 Å². The number of hydrogen-bond donors (Lipinski definition) is 1. The van der Waals surface area contributed by atoms with Crippen LogP contribution in [0.2, 0.25) is 10.0 Å². The highest BCUT2D eigenvalue weighted by Crippen LogP contribution is 2.36. The maximum Gasteiger partial charge on any atom is 0.335 e. The van der Waals surface area contributed by atoms with Crippen LogP contribution in [-0.2, 0) is 22.6 Å². The van der Waals surface area contributed by atoms with Crippen LogP contribution >= 0.6 is 39.1 Å². The maximum atomic E-state index is 13.1. The average Bonchev–Trinajstić information content (AvgIpc) is 2.82. The molecule has 1 N–H and O–H groups in total. The molecule has 0 bridgehead atoms. The molecule has 0 spiro atoms. The van der Waals surface area contributed by atoms with Gasteiger partial charge in [-0.3, -0.25) is 14.9 Å². The molecule has 0 unspecified atom stereocenters. The molecular weight excluding hydrogens is 555 g/mol. The van der Waals surface area contributed by atoms with Gasteiger partial charge in [0.25, 0.3) is 11.8 Å². The van der Waals surface area contributed by atoms with Gasteiger partial charge in [-0.2, -0.15) is 0 Å². The van der Waals surface area contributed by atoms with Crippen molar-refractivity contribution in [1.29, 1.82) is 0 Å². The molecule has 1 fully saturated rings. The summed E-state index contributed by atoms with van der Waals surface area (Å²) in [5, 5.41) is 3.13. The number of urea groups is 1. The van der Waals surface area contributed by atoms with Crippen LogP contribution in [0.1, 0.15) is 23.6 Å². The first-order chi connectivity index (χ1) is 16.8. The van der Waals surface area contributed by atoms with Gasteiger partial charge in [-0.25, -0.2) is 9.69 Å². The monoisotopic (exact) mass is 572 g/mol. The third kappa shape index (κ3) is 5.59. The molecule has 1 heterocycles. The number of hydrogen-bond acceptors (Lipinski definition) is 4. The Morgan fingerprint density at radius 1 is 0.971 bits per heavy atom. The van der Waals surface area contributed by atoms with Crippen LogP contribution < -0.4 is 15.0 Å². The molecule has 0 atom stereocenters. The van der Waals surface area contributed by atoms with Crippen molar-refractivity contribution in [2.75, 3.05) is 4.90 Å². The Labute approximate surface area is 220 Å². The highest BCUT2D eigenvalue weighted by molar-refractivity contribution is 9.10. The number of nitrogens with zero attached hydrogens (tertiary/aromatic N) is 1. The zero-order valence-electron chi connectivity index (χ0n) is 18.5. The summed E-state index contributed by atoms with van der Waals surface area (Å²) in [6.07, 6.45) is 2.20. The second-order valence-corrected chi connectivity index (χ2v) is 9.40. The summed E-state index contributed by atoms with van der Waals surface area (Å²) in [5.74, 6) is -1.09. The fraction of sp³-hybridized carbons (Fsp3) is 0.115. The van der Waals surface area contributed by atoms with Crippen molar-refractivity contribution in [1.82, 2.24) is 5.32 Å². The molecule has 1 aliphatic heterocycles. The number of carbonyl (C=O) groups is 3. The Kier molecular flexibility index (Phi) is 7.60. The molecule has 35 heavy (non-hydrogen) atoms. The normalized spacial score (nSPS) is 14.9. The summed E-state index contributed by atoms with van der Waals surface area (Å²) < 4.78 is 6.39. The van der Waals surface area contributed by atoms with Gasteiger partial charge in [0.1, 0.15) is 12.2 Å². The van der Waals surface area contributed by atoms with Gasteiger partial charge in [-0.15, -0.1) is 0 Å². The van der Waals surface area contributed by atoms with Crippen LogP contribution in [0.4, 0.5) is 10.5 Å². The van der Waals surface area contributed by atoms with E-state index in [2.05, 4.69) is 21.2 Å². The maximum absolute atomic E-state index is 13.1. The van der Waals surface area contributed by atoms with Crippen molar-refractivity contribution in [3.63, 3.8) is 0 Å². The standard InChI is InChI=1S/C26H19BrCl2N2O4/c1-2-15-5-9-19(10-6-15)31-25(33)20(24(32)30-26(31)34)11-17-12-21(27)23(22(29)13-17)35-14-16-3-7-18(28)8-4-16/h3-13H,2,14H2,1H3,(H,30,32,34)/b20-11-. The zero-order valence-corrected chi connectivity index (χ0v) is 21.6. The Balaban J connectivity index is 1.59. The van der Waals surface area contributed by atoms with Crippen molar-refractivity contribution in [2.24, 2.45) is 0 Å². The minimum atomic E-state index is -0.799. The number of benzene rings is 3. The molecule has 3 aromatic carbocycles. The lowest BCUT2D eigenvalue weighted by atomic mass is 10.1. The van der Waals surface area contributed by atoms with Crippen LogP contribution in [0.15, 0.2) is 70.7 Å². The van der Waals surface area contributed by atoms with Crippen LogP contribution in [0.3, 0.4) is 0 Å². The number of imide groups is 2. The van der Waals surface area contributed by atoms with Crippen molar-refractivity contribution >= 4 is 68.7 Å². The molecule has 0 saturated carbocycles. The fourth-order valence-corrected chi connectivity index (χ4v) is 4.59. The van der Waals surface area contributed by atoms with E-state index in [-0.39, 0.29) is 17.2 Å². The van der Waals surface area contributed by atoms with E-state index < -0.39 is 17.8 Å². The highest BCUT2D eigenvalue weighted by Gasteiger charge is 2.36. The first-order valence-corrected chi connectivity index (χ1v) is 12.2. The molecular formula is C26H19BrCl2N2O4. The highest BCUT2D eigenvalue weighted by atomic mass is 79.9. The second kappa shape index (κ2) is 10.6. The number of anilines is 1. The van der Waals surface area contributed by atoms with Crippen molar-refractivity contribution in [3.8, 4) is 5.75 Å². The third-order valence-electron chi connectivity index (χ3n) is 5.33. The van der Waals surface area contributed by atoms with Crippen molar-refractivity contribution < 1.29 is 19.1 Å². The van der Waals surface area contributed by atoms with E-state index in [1.54, 1.807) is 36.4 Å². The van der Waals surface area contributed by atoms with Gasteiger partial charge in [0.2, 0.25) is 0 Å². The molecule has 4 rings (SSSR count). The Bertz CT molecular complexity index is 1320. The van der Waals surface area contributed by atoms with Crippen LogP contribution in [0, 0.1) is 0 Å². The lowest BCUT2D eigenvalue weighted by Gasteiger charge is -2.26. The molecule has 1 saturated heterocycles. The molecule has 6 nitrogen and oxygen atoms in total. The second-order valence-electron chi connectivity index (χ2n) is 7.71. The minimum Gasteiger partial charge on any atom is -0.486 e. The number of barbiturate groups is 1. The zero-order chi connectivity index (χ0) is 25.1. The molecule has 4 amide bonds. The number of halogens is 3. The van der Waals surface area contributed by atoms with E-state index in [1.165, 1.54) is 6.08 Å². The minimum absolute atomic E-state index is 0.193. The van der Waals surface area contributed by atoms with Gasteiger partial charge >= 0.3 is 6.03 Å².